The second-order valence-corrected chi connectivity index (χ2v) is 2.94. The van der Waals surface area contributed by atoms with Crippen molar-refractivity contribution in [1.82, 2.24) is 4.90 Å². The average Bonchev–Trinajstić information content (AvgIpc) is 2.05. The highest BCUT2D eigenvalue weighted by Crippen LogP contribution is 2.04. The highest BCUT2D eigenvalue weighted by Gasteiger charge is 2.11. The maximum Gasteiger partial charge on any atom is 0.215 e. The van der Waals surface area contributed by atoms with Crippen LogP contribution in [-0.4, -0.2) is 29.9 Å². The lowest BCUT2D eigenvalue weighted by Crippen LogP contribution is -2.42. The molecule has 13 heavy (non-hydrogen) atoms. The smallest absolute Gasteiger partial charge is 0.215 e. The molecule has 0 radical (unpaired) electrons. The van der Waals surface area contributed by atoms with Gasteiger partial charge in [0, 0.05) is 13.1 Å². The van der Waals surface area contributed by atoms with Crippen LogP contribution in [-0.2, 0) is 0 Å². The molecule has 0 rings (SSSR count). The highest BCUT2D eigenvalue weighted by atomic mass is 15.3. The summed E-state index contributed by atoms with van der Waals surface area (Å²) in [5.41, 5.74) is 10.7. The van der Waals surface area contributed by atoms with Crippen LogP contribution < -0.4 is 11.5 Å². The summed E-state index contributed by atoms with van der Waals surface area (Å²) in [6.07, 6.45) is 2.00. The lowest BCUT2D eigenvalue weighted by atomic mass is 10.1. The van der Waals surface area contributed by atoms with Gasteiger partial charge in [0.25, 0.3) is 0 Å². The fourth-order valence-corrected chi connectivity index (χ4v) is 1.23. The third-order valence-electron chi connectivity index (χ3n) is 2.09. The van der Waals surface area contributed by atoms with Crippen LogP contribution in [0.15, 0.2) is 4.99 Å². The molecule has 0 bridgehead atoms. The van der Waals surface area contributed by atoms with E-state index < -0.39 is 0 Å². The molecule has 0 saturated heterocycles. The summed E-state index contributed by atoms with van der Waals surface area (Å²) in [6, 6.07) is 0.364. The predicted molar refractivity (Wildman–Crippen MR) is 55.7 cm³/mol. The summed E-state index contributed by atoms with van der Waals surface area (Å²) in [7, 11) is 1.86. The molecule has 0 atom stereocenters. The molecule has 0 aromatic rings. The predicted octanol–water partition coefficient (Wildman–Crippen LogP) is 0.315. The SMILES string of the molecule is CCC(CC)N(C)/C(N)=N/C(=N)N. The van der Waals surface area contributed by atoms with Gasteiger partial charge in [-0.2, -0.15) is 4.99 Å². The van der Waals surface area contributed by atoms with Gasteiger partial charge in [-0.1, -0.05) is 13.8 Å². The average molecular weight is 185 g/mol. The molecule has 0 unspecified atom stereocenters. The third-order valence-corrected chi connectivity index (χ3v) is 2.09. The van der Waals surface area contributed by atoms with Gasteiger partial charge in [-0.05, 0) is 12.8 Å². The number of aliphatic imine (C=N–C) groups is 1. The van der Waals surface area contributed by atoms with E-state index in [2.05, 4.69) is 18.8 Å². The third kappa shape index (κ3) is 3.78. The van der Waals surface area contributed by atoms with Crippen LogP contribution in [0.25, 0.3) is 0 Å². The van der Waals surface area contributed by atoms with Crippen LogP contribution in [0, 0.1) is 5.41 Å². The van der Waals surface area contributed by atoms with Crippen molar-refractivity contribution in [2.24, 2.45) is 16.5 Å². The minimum Gasteiger partial charge on any atom is -0.369 e. The van der Waals surface area contributed by atoms with Crippen LogP contribution in [0.3, 0.4) is 0 Å². The van der Waals surface area contributed by atoms with Gasteiger partial charge in [-0.3, -0.25) is 5.41 Å². The summed E-state index contributed by atoms with van der Waals surface area (Å²) >= 11 is 0. The molecule has 76 valence electrons. The van der Waals surface area contributed by atoms with Gasteiger partial charge in [0.1, 0.15) is 0 Å². The van der Waals surface area contributed by atoms with E-state index >= 15 is 0 Å². The summed E-state index contributed by atoms with van der Waals surface area (Å²) in [5, 5.41) is 6.96. The maximum absolute atomic E-state index is 6.96. The molecule has 5 heteroatoms. The number of hydrogen-bond acceptors (Lipinski definition) is 1. The zero-order valence-corrected chi connectivity index (χ0v) is 8.54. The Morgan fingerprint density at radius 1 is 1.38 bits per heavy atom. The van der Waals surface area contributed by atoms with Gasteiger partial charge < -0.3 is 16.4 Å². The van der Waals surface area contributed by atoms with Gasteiger partial charge in [-0.25, -0.2) is 0 Å². The van der Waals surface area contributed by atoms with E-state index in [0.29, 0.717) is 12.0 Å². The molecule has 0 aliphatic carbocycles. The minimum absolute atomic E-state index is 0.254. The first-order valence-electron chi connectivity index (χ1n) is 4.43. The number of guanidine groups is 2. The zero-order valence-electron chi connectivity index (χ0n) is 8.54. The number of nitrogens with one attached hydrogen (secondary N) is 1. The van der Waals surface area contributed by atoms with E-state index in [1.807, 2.05) is 11.9 Å². The Bertz CT molecular complexity index is 195. The van der Waals surface area contributed by atoms with Crippen molar-refractivity contribution in [3.63, 3.8) is 0 Å². The van der Waals surface area contributed by atoms with Crippen LogP contribution in [0.5, 0.6) is 0 Å². The maximum atomic E-state index is 6.96. The molecule has 0 aromatic heterocycles. The molecule has 0 heterocycles. The Hall–Kier alpha value is -1.26. The first-order valence-corrected chi connectivity index (χ1v) is 4.43. The van der Waals surface area contributed by atoms with Gasteiger partial charge in [-0.15, -0.1) is 0 Å². The second kappa shape index (κ2) is 5.40. The molecule has 5 N–H and O–H groups in total. The number of rotatable bonds is 3. The molecule has 0 aromatic carbocycles. The molecule has 0 amide bonds. The monoisotopic (exact) mass is 185 g/mol. The van der Waals surface area contributed by atoms with Crippen molar-refractivity contribution < 1.29 is 0 Å². The lowest BCUT2D eigenvalue weighted by molar-refractivity contribution is 0.342. The van der Waals surface area contributed by atoms with E-state index in [0.717, 1.165) is 12.8 Å². The van der Waals surface area contributed by atoms with Gasteiger partial charge >= 0.3 is 0 Å². The normalized spacial score (nSPS) is 11.8. The van der Waals surface area contributed by atoms with E-state index in [1.54, 1.807) is 0 Å². The molecule has 0 saturated carbocycles. The first kappa shape index (κ1) is 11.7. The van der Waals surface area contributed by atoms with Crippen LogP contribution in [0.4, 0.5) is 0 Å². The van der Waals surface area contributed by atoms with E-state index in [4.69, 9.17) is 16.9 Å². The van der Waals surface area contributed by atoms with Crippen molar-refractivity contribution in [1.29, 1.82) is 5.41 Å². The van der Waals surface area contributed by atoms with Crippen LogP contribution >= 0.6 is 0 Å². The quantitative estimate of drug-likeness (QED) is 0.436. The standard InChI is InChI=1S/C8H19N5/c1-4-6(5-2)13(3)8(11)12-7(9)10/h6H,4-5H2,1-3H3,(H5,9,10,11,12). The minimum atomic E-state index is -0.254. The summed E-state index contributed by atoms with van der Waals surface area (Å²) in [6.45, 7) is 4.18. The van der Waals surface area contributed by atoms with E-state index in [1.165, 1.54) is 0 Å². The van der Waals surface area contributed by atoms with Crippen LogP contribution in [0.2, 0.25) is 0 Å². The largest absolute Gasteiger partial charge is 0.369 e. The zero-order chi connectivity index (χ0) is 10.4. The summed E-state index contributed by atoms with van der Waals surface area (Å²) in [5.74, 6) is 0.0523. The molecule has 0 aliphatic heterocycles. The van der Waals surface area contributed by atoms with Gasteiger partial charge in [0.2, 0.25) is 5.96 Å². The van der Waals surface area contributed by atoms with Crippen molar-refractivity contribution in [2.75, 3.05) is 7.05 Å². The molecule has 5 nitrogen and oxygen atoms in total. The fourth-order valence-electron chi connectivity index (χ4n) is 1.23. The topological polar surface area (TPSA) is 91.5 Å². The van der Waals surface area contributed by atoms with E-state index in [-0.39, 0.29) is 5.96 Å². The summed E-state index contributed by atoms with van der Waals surface area (Å²) in [4.78, 5) is 5.52. The molecule has 0 aliphatic rings. The molecular formula is C8H19N5. The van der Waals surface area contributed by atoms with Crippen LogP contribution in [0.1, 0.15) is 26.7 Å². The Labute approximate surface area is 79.3 Å². The lowest BCUT2D eigenvalue weighted by Gasteiger charge is -2.26. The number of nitrogens with zero attached hydrogens (tertiary/aromatic N) is 2. The molecule has 0 spiro atoms. The van der Waals surface area contributed by atoms with Crippen molar-refractivity contribution in [2.45, 2.75) is 32.7 Å². The molecule has 0 fully saturated rings. The Kier molecular flexibility index (Phi) is 4.87. The van der Waals surface area contributed by atoms with Gasteiger partial charge in [0.05, 0.1) is 0 Å². The summed E-state index contributed by atoms with van der Waals surface area (Å²) < 4.78 is 0. The van der Waals surface area contributed by atoms with Crippen molar-refractivity contribution in [3.05, 3.63) is 0 Å². The molecular weight excluding hydrogens is 166 g/mol. The Morgan fingerprint density at radius 2 is 1.85 bits per heavy atom. The Morgan fingerprint density at radius 3 is 2.15 bits per heavy atom. The fraction of sp³-hybridized carbons (Fsp3) is 0.750. The number of nitrogens with two attached hydrogens (primary N) is 2. The van der Waals surface area contributed by atoms with E-state index in [9.17, 15) is 0 Å². The van der Waals surface area contributed by atoms with Gasteiger partial charge in [0.15, 0.2) is 5.96 Å². The Balaban J connectivity index is 4.38. The second-order valence-electron chi connectivity index (χ2n) is 2.94. The number of hydrogen-bond donors (Lipinski definition) is 3. The first-order chi connectivity index (χ1) is 6.02. The van der Waals surface area contributed by atoms with Crippen molar-refractivity contribution >= 4 is 11.9 Å². The highest BCUT2D eigenvalue weighted by molar-refractivity contribution is 5.91. The van der Waals surface area contributed by atoms with Crippen molar-refractivity contribution in [3.8, 4) is 0 Å².